The van der Waals surface area contributed by atoms with Gasteiger partial charge in [0.25, 0.3) is 0 Å². The number of hydrogen-bond donors (Lipinski definition) is 1. The molecule has 2 fully saturated rings. The van der Waals surface area contributed by atoms with Crippen molar-refractivity contribution in [3.8, 4) is 0 Å². The second-order valence-corrected chi connectivity index (χ2v) is 9.11. The molecule has 1 aromatic heterocycles. The van der Waals surface area contributed by atoms with Crippen molar-refractivity contribution in [1.82, 2.24) is 15.2 Å². The molecule has 3 aliphatic heterocycles. The fraction of sp³-hybridized carbons (Fsp3) is 0.810. The summed E-state index contributed by atoms with van der Waals surface area (Å²) in [4.78, 5) is 23.3. The van der Waals surface area contributed by atoms with Crippen LogP contribution in [-0.2, 0) is 17.8 Å². The van der Waals surface area contributed by atoms with Crippen LogP contribution in [0.1, 0.15) is 71.9 Å². The number of hydrogen-bond acceptors (Lipinski definition) is 5. The zero-order chi connectivity index (χ0) is 20.2. The Morgan fingerprint density at radius 1 is 1.11 bits per heavy atom. The summed E-state index contributed by atoms with van der Waals surface area (Å²) in [5.74, 6) is 0.250. The lowest BCUT2D eigenvalue weighted by atomic mass is 9.94. The Morgan fingerprint density at radius 2 is 1.70 bits per heavy atom. The van der Waals surface area contributed by atoms with E-state index in [1.54, 1.807) is 0 Å². The normalized spacial score (nSPS) is 23.7. The van der Waals surface area contributed by atoms with Gasteiger partial charge >= 0.3 is 0 Å². The monoisotopic (exact) mass is 394 g/mol. The van der Waals surface area contributed by atoms with Gasteiger partial charge in [-0.3, -0.25) is 4.79 Å². The van der Waals surface area contributed by atoms with Gasteiger partial charge in [-0.15, -0.1) is 0 Å². The first kappa shape index (κ1) is 22.2. The predicted molar refractivity (Wildman–Crippen MR) is 116 cm³/mol. The van der Waals surface area contributed by atoms with Crippen molar-refractivity contribution in [1.29, 1.82) is 0 Å². The highest BCUT2D eigenvalue weighted by atomic mass is 32.1. The third kappa shape index (κ3) is 4.65. The predicted octanol–water partition coefficient (Wildman–Crippen LogP) is 4.07. The Hall–Kier alpha value is -1.14. The molecule has 6 heteroatoms. The molecular weight excluding hydrogens is 356 g/mol. The van der Waals surface area contributed by atoms with Gasteiger partial charge in [-0.05, 0) is 12.8 Å². The van der Waals surface area contributed by atoms with Crippen molar-refractivity contribution in [3.63, 3.8) is 0 Å². The highest BCUT2D eigenvalue weighted by Crippen LogP contribution is 2.38. The molecule has 0 spiro atoms. The lowest BCUT2D eigenvalue weighted by molar-refractivity contribution is -0.140. The smallest absolute Gasteiger partial charge is 0.228 e. The number of anilines is 1. The highest BCUT2D eigenvalue weighted by Gasteiger charge is 2.39. The lowest BCUT2D eigenvalue weighted by Gasteiger charge is -2.35. The van der Waals surface area contributed by atoms with E-state index in [1.807, 2.05) is 64.7 Å². The number of fused-ring (bicyclic) bond motifs is 3. The van der Waals surface area contributed by atoms with Crippen molar-refractivity contribution in [2.75, 3.05) is 24.5 Å². The van der Waals surface area contributed by atoms with E-state index in [-0.39, 0.29) is 11.3 Å². The molecule has 2 bridgehead atoms. The van der Waals surface area contributed by atoms with E-state index < -0.39 is 0 Å². The Kier molecular flexibility index (Phi) is 7.69. The maximum absolute atomic E-state index is 12.5. The molecular formula is C21H38N4OS. The molecule has 2 unspecified atom stereocenters. The minimum absolute atomic E-state index is 0.250. The SMILES string of the molecule is CC.CC.CC(C)(C)C(=O)N1CCc2nc(N3C4CCC3CNC4)sc2C1. The summed E-state index contributed by atoms with van der Waals surface area (Å²) in [5, 5.41) is 4.72. The summed E-state index contributed by atoms with van der Waals surface area (Å²) in [6, 6.07) is 1.21. The van der Waals surface area contributed by atoms with Crippen molar-refractivity contribution in [2.45, 2.75) is 86.4 Å². The van der Waals surface area contributed by atoms with E-state index >= 15 is 0 Å². The van der Waals surface area contributed by atoms with Crippen LogP contribution in [0.5, 0.6) is 0 Å². The van der Waals surface area contributed by atoms with Crippen LogP contribution in [-0.4, -0.2) is 47.5 Å². The lowest BCUT2D eigenvalue weighted by Crippen LogP contribution is -2.51. The molecule has 0 aromatic carbocycles. The quantitative estimate of drug-likeness (QED) is 0.780. The topological polar surface area (TPSA) is 48.5 Å². The van der Waals surface area contributed by atoms with E-state index in [0.717, 1.165) is 32.6 Å². The third-order valence-corrected chi connectivity index (χ3v) is 6.35. The summed E-state index contributed by atoms with van der Waals surface area (Å²) in [6.07, 6.45) is 3.45. The van der Waals surface area contributed by atoms with Crippen molar-refractivity contribution in [3.05, 3.63) is 10.6 Å². The molecule has 4 rings (SSSR count). The molecule has 154 valence electrons. The van der Waals surface area contributed by atoms with E-state index in [2.05, 4.69) is 10.2 Å². The number of nitrogens with one attached hydrogen (secondary N) is 1. The van der Waals surface area contributed by atoms with E-state index in [4.69, 9.17) is 4.98 Å². The van der Waals surface area contributed by atoms with Crippen LogP contribution in [0.2, 0.25) is 0 Å². The summed E-state index contributed by atoms with van der Waals surface area (Å²) in [6.45, 7) is 17.7. The van der Waals surface area contributed by atoms with Crippen molar-refractivity contribution >= 4 is 22.4 Å². The minimum atomic E-state index is -0.303. The molecule has 3 aliphatic rings. The minimum Gasteiger partial charge on any atom is -0.340 e. The van der Waals surface area contributed by atoms with Crippen LogP contribution in [0.15, 0.2) is 0 Å². The number of amides is 1. The zero-order valence-corrected chi connectivity index (χ0v) is 19.1. The molecule has 27 heavy (non-hydrogen) atoms. The van der Waals surface area contributed by atoms with Gasteiger partial charge in [-0.1, -0.05) is 59.8 Å². The number of rotatable bonds is 1. The Labute approximate surface area is 169 Å². The molecule has 0 saturated carbocycles. The molecule has 4 heterocycles. The molecule has 1 amide bonds. The number of aromatic nitrogens is 1. The molecule has 0 aliphatic carbocycles. The molecule has 2 saturated heterocycles. The van der Waals surface area contributed by atoms with Gasteiger partial charge in [0.05, 0.1) is 12.2 Å². The zero-order valence-electron chi connectivity index (χ0n) is 18.3. The van der Waals surface area contributed by atoms with Gasteiger partial charge in [-0.25, -0.2) is 4.98 Å². The standard InChI is InChI=1S/C17H26N4OS.2C2H6/c1-17(2,3)15(22)20-7-6-13-14(10-20)23-16(19-13)21-11-4-5-12(21)9-18-8-11;2*1-2/h11-12,18H,4-10H2,1-3H3;2*1-2H3. The Balaban J connectivity index is 0.000000614. The first-order valence-electron chi connectivity index (χ1n) is 10.7. The van der Waals surface area contributed by atoms with E-state index in [9.17, 15) is 4.79 Å². The van der Waals surface area contributed by atoms with Crippen molar-refractivity contribution in [2.24, 2.45) is 5.41 Å². The molecule has 5 nitrogen and oxygen atoms in total. The Bertz CT molecular complexity index is 606. The number of nitrogens with zero attached hydrogens (tertiary/aromatic N) is 3. The molecule has 1 aromatic rings. The second-order valence-electron chi connectivity index (χ2n) is 8.04. The second kappa shape index (κ2) is 9.37. The van der Waals surface area contributed by atoms with Crippen LogP contribution in [0.25, 0.3) is 0 Å². The summed E-state index contributed by atoms with van der Waals surface area (Å²) >= 11 is 1.81. The number of carbonyl (C=O) groups is 1. The van der Waals surface area contributed by atoms with Crippen LogP contribution in [0.3, 0.4) is 0 Å². The fourth-order valence-electron chi connectivity index (χ4n) is 4.03. The number of carbonyl (C=O) groups excluding carboxylic acids is 1. The van der Waals surface area contributed by atoms with Crippen molar-refractivity contribution < 1.29 is 4.79 Å². The highest BCUT2D eigenvalue weighted by molar-refractivity contribution is 7.15. The maximum atomic E-state index is 12.5. The summed E-state index contributed by atoms with van der Waals surface area (Å²) in [7, 11) is 0. The largest absolute Gasteiger partial charge is 0.340 e. The van der Waals surface area contributed by atoms with Crippen LogP contribution >= 0.6 is 11.3 Å². The first-order chi connectivity index (χ1) is 12.9. The van der Waals surface area contributed by atoms with Gasteiger partial charge in [0.15, 0.2) is 5.13 Å². The molecule has 2 atom stereocenters. The first-order valence-corrected chi connectivity index (χ1v) is 11.5. The average molecular weight is 395 g/mol. The van der Waals surface area contributed by atoms with Crippen LogP contribution in [0, 0.1) is 5.41 Å². The maximum Gasteiger partial charge on any atom is 0.228 e. The van der Waals surface area contributed by atoms with Crippen LogP contribution < -0.4 is 10.2 Å². The Morgan fingerprint density at radius 3 is 2.26 bits per heavy atom. The van der Waals surface area contributed by atoms with Gasteiger partial charge in [-0.2, -0.15) is 0 Å². The summed E-state index contributed by atoms with van der Waals surface area (Å²) < 4.78 is 0. The van der Waals surface area contributed by atoms with Crippen LogP contribution in [0.4, 0.5) is 5.13 Å². The van der Waals surface area contributed by atoms with E-state index in [0.29, 0.717) is 12.1 Å². The van der Waals surface area contributed by atoms with Gasteiger partial charge in [0, 0.05) is 48.4 Å². The number of piperazine rings is 1. The van der Waals surface area contributed by atoms with Gasteiger partial charge in [0.2, 0.25) is 5.91 Å². The molecule has 1 N–H and O–H groups in total. The number of thiazole rings is 1. The fourth-order valence-corrected chi connectivity index (χ4v) is 5.30. The summed E-state index contributed by atoms with van der Waals surface area (Å²) in [5.41, 5.74) is 0.920. The average Bonchev–Trinajstić information content (AvgIpc) is 3.20. The third-order valence-electron chi connectivity index (χ3n) is 5.25. The van der Waals surface area contributed by atoms with E-state index in [1.165, 1.54) is 28.5 Å². The molecule has 0 radical (unpaired) electrons. The van der Waals surface area contributed by atoms with Gasteiger partial charge in [0.1, 0.15) is 0 Å². The van der Waals surface area contributed by atoms with Gasteiger partial charge < -0.3 is 15.1 Å².